The van der Waals surface area contributed by atoms with E-state index in [2.05, 4.69) is 70.5 Å². The number of nitrogens with zero attached hydrogens (tertiary/aromatic N) is 5. The van der Waals surface area contributed by atoms with Gasteiger partial charge in [0.2, 0.25) is 5.71 Å². The highest BCUT2D eigenvalue weighted by Crippen LogP contribution is 2.60. The molecule has 4 aliphatic rings. The van der Waals surface area contributed by atoms with Gasteiger partial charge < -0.3 is 4.42 Å². The second kappa shape index (κ2) is 12.6. The lowest BCUT2D eigenvalue weighted by atomic mass is 9.48. The molecule has 4 bridgehead atoms. The maximum atomic E-state index is 7.28. The Kier molecular flexibility index (Phi) is 7.32. The van der Waals surface area contributed by atoms with Crippen LogP contribution in [0.2, 0.25) is 0 Å². The molecule has 0 N–H and O–H groups in total. The number of furan rings is 1. The number of rotatable bonds is 6. The van der Waals surface area contributed by atoms with Gasteiger partial charge >= 0.3 is 0 Å². The predicted octanol–water partition coefficient (Wildman–Crippen LogP) is 12.5. The van der Waals surface area contributed by atoms with Crippen LogP contribution in [0.15, 0.2) is 138 Å². The van der Waals surface area contributed by atoms with E-state index in [-0.39, 0.29) is 0 Å². The van der Waals surface area contributed by atoms with Gasteiger partial charge in [0.25, 0.3) is 0 Å². The zero-order valence-electron chi connectivity index (χ0n) is 30.3. The van der Waals surface area contributed by atoms with Gasteiger partial charge in [-0.05, 0) is 108 Å². The van der Waals surface area contributed by atoms with E-state index < -0.39 is 0 Å². The van der Waals surface area contributed by atoms with Crippen molar-refractivity contribution in [1.82, 2.24) is 19.9 Å². The Bertz CT molecular complexity index is 2740. The minimum Gasteiger partial charge on any atom is -0.437 e. The van der Waals surface area contributed by atoms with Crippen molar-refractivity contribution in [2.75, 3.05) is 0 Å². The standard InChI is InChI=1S/C49H37N5O/c1-50-40-21-17-36(18-22-40)34-9-13-38(14-10-34)46-52-45(53-47(54-46)43-5-2-4-41-42-6-3-23-51-48(42)55-44(41)43)37-11-7-33(8-12-37)35-15-19-39(20-16-35)49-27-30-24-31(28-49)26-32(25-30)29-49/h2-23,30-32H,24-29H2. The summed E-state index contributed by atoms with van der Waals surface area (Å²) in [7, 11) is 0. The molecule has 264 valence electrons. The van der Waals surface area contributed by atoms with Gasteiger partial charge in [-0.2, -0.15) is 0 Å². The van der Waals surface area contributed by atoms with Crippen molar-refractivity contribution in [1.29, 1.82) is 0 Å². The summed E-state index contributed by atoms with van der Waals surface area (Å²) in [6, 6.07) is 44.0. The topological polar surface area (TPSA) is 69.1 Å². The number of aromatic nitrogens is 4. The first-order valence-corrected chi connectivity index (χ1v) is 19.4. The Balaban J connectivity index is 0.956. The molecule has 4 fully saturated rings. The van der Waals surface area contributed by atoms with Gasteiger partial charge in [0.1, 0.15) is 5.58 Å². The number of pyridine rings is 1. The lowest BCUT2D eigenvalue weighted by Gasteiger charge is -2.57. The summed E-state index contributed by atoms with van der Waals surface area (Å²) < 4.78 is 6.32. The Morgan fingerprint density at radius 2 is 1.02 bits per heavy atom. The minimum atomic E-state index is 0.402. The van der Waals surface area contributed by atoms with Crippen molar-refractivity contribution < 1.29 is 4.42 Å². The third-order valence-electron chi connectivity index (χ3n) is 12.6. The molecule has 0 atom stereocenters. The van der Waals surface area contributed by atoms with Crippen molar-refractivity contribution in [3.8, 4) is 56.4 Å². The molecule has 0 amide bonds. The lowest BCUT2D eigenvalue weighted by Crippen LogP contribution is -2.48. The summed E-state index contributed by atoms with van der Waals surface area (Å²) in [5.74, 6) is 4.51. The normalized spacial score (nSPS) is 21.3. The van der Waals surface area contributed by atoms with Crippen LogP contribution in [-0.2, 0) is 5.41 Å². The maximum absolute atomic E-state index is 7.28. The molecule has 6 nitrogen and oxygen atoms in total. The molecule has 6 heteroatoms. The van der Waals surface area contributed by atoms with Crippen LogP contribution in [0.4, 0.5) is 5.69 Å². The molecule has 8 aromatic rings. The van der Waals surface area contributed by atoms with Gasteiger partial charge in [-0.15, -0.1) is 0 Å². The monoisotopic (exact) mass is 711 g/mol. The van der Waals surface area contributed by atoms with E-state index in [1.807, 2.05) is 66.7 Å². The minimum absolute atomic E-state index is 0.402. The molecule has 4 saturated carbocycles. The van der Waals surface area contributed by atoms with E-state index in [1.165, 1.54) is 49.7 Å². The molecule has 0 radical (unpaired) electrons. The maximum Gasteiger partial charge on any atom is 0.227 e. The van der Waals surface area contributed by atoms with Crippen LogP contribution in [-0.4, -0.2) is 19.9 Å². The highest BCUT2D eigenvalue weighted by atomic mass is 16.3. The third kappa shape index (κ3) is 5.53. The van der Waals surface area contributed by atoms with E-state index in [0.717, 1.165) is 56.3 Å². The zero-order chi connectivity index (χ0) is 36.5. The van der Waals surface area contributed by atoms with Gasteiger partial charge in [-0.3, -0.25) is 0 Å². The van der Waals surface area contributed by atoms with Crippen LogP contribution in [0.3, 0.4) is 0 Å². The second-order valence-corrected chi connectivity index (χ2v) is 16.0. The SMILES string of the molecule is [C-]#[N+]c1ccc(-c2ccc(-c3nc(-c4ccc(-c5ccc(C67CC8CC(CC(C8)C6)C7)cc5)cc4)nc(-c4cccc5c4oc4ncccc45)n3)cc2)cc1. The molecule has 55 heavy (non-hydrogen) atoms. The molecule has 12 rings (SSSR count). The van der Waals surface area contributed by atoms with E-state index in [0.29, 0.717) is 39.9 Å². The molecule has 0 aliphatic heterocycles. The Labute approximate surface area is 319 Å². The van der Waals surface area contributed by atoms with Gasteiger partial charge in [-0.1, -0.05) is 109 Å². The van der Waals surface area contributed by atoms with Gasteiger partial charge in [-0.25, -0.2) is 24.8 Å². The molecule has 3 aromatic heterocycles. The average molecular weight is 712 g/mol. The van der Waals surface area contributed by atoms with Crippen LogP contribution < -0.4 is 0 Å². The lowest BCUT2D eigenvalue weighted by molar-refractivity contribution is -0.00518. The number of hydrogen-bond acceptors (Lipinski definition) is 5. The first kappa shape index (κ1) is 32.0. The third-order valence-corrected chi connectivity index (χ3v) is 12.6. The summed E-state index contributed by atoms with van der Waals surface area (Å²) in [5, 5.41) is 1.92. The van der Waals surface area contributed by atoms with E-state index >= 15 is 0 Å². The Morgan fingerprint density at radius 1 is 0.527 bits per heavy atom. The highest BCUT2D eigenvalue weighted by Gasteiger charge is 2.51. The second-order valence-electron chi connectivity index (χ2n) is 16.0. The van der Waals surface area contributed by atoms with Crippen LogP contribution >= 0.6 is 0 Å². The molecule has 3 heterocycles. The quantitative estimate of drug-likeness (QED) is 0.161. The Hall–Kier alpha value is -6.45. The van der Waals surface area contributed by atoms with Crippen LogP contribution in [0, 0.1) is 24.3 Å². The van der Waals surface area contributed by atoms with Gasteiger partial charge in [0, 0.05) is 28.1 Å². The van der Waals surface area contributed by atoms with Crippen molar-refractivity contribution in [3.05, 3.63) is 151 Å². The van der Waals surface area contributed by atoms with Crippen molar-refractivity contribution >= 4 is 27.8 Å². The fraction of sp³-hybridized carbons (Fsp3) is 0.204. The van der Waals surface area contributed by atoms with Crippen molar-refractivity contribution in [3.63, 3.8) is 0 Å². The zero-order valence-corrected chi connectivity index (χ0v) is 30.3. The van der Waals surface area contributed by atoms with Crippen LogP contribution in [0.25, 0.3) is 83.3 Å². The fourth-order valence-electron chi connectivity index (χ4n) is 10.4. The summed E-state index contributed by atoms with van der Waals surface area (Å²) in [6.07, 6.45) is 10.3. The molecule has 0 spiro atoms. The van der Waals surface area contributed by atoms with Crippen molar-refractivity contribution in [2.45, 2.75) is 43.9 Å². The average Bonchev–Trinajstić information content (AvgIpc) is 3.62. The first-order valence-electron chi connectivity index (χ1n) is 19.4. The number of fused-ring (bicyclic) bond motifs is 3. The molecule has 4 aliphatic carbocycles. The van der Waals surface area contributed by atoms with Crippen molar-refractivity contribution in [2.24, 2.45) is 17.8 Å². The molecule has 0 saturated heterocycles. The fourth-order valence-corrected chi connectivity index (χ4v) is 10.4. The number of benzene rings is 5. The number of para-hydroxylation sites is 1. The molecular weight excluding hydrogens is 675 g/mol. The molecular formula is C49H37N5O. The van der Waals surface area contributed by atoms with Gasteiger partial charge in [0.05, 0.1) is 12.1 Å². The summed E-state index contributed by atoms with van der Waals surface area (Å²) in [5.41, 5.74) is 10.9. The number of hydrogen-bond donors (Lipinski definition) is 0. The van der Waals surface area contributed by atoms with Crippen LogP contribution in [0.1, 0.15) is 44.1 Å². The largest absolute Gasteiger partial charge is 0.437 e. The van der Waals surface area contributed by atoms with Gasteiger partial charge in [0.15, 0.2) is 23.2 Å². The summed E-state index contributed by atoms with van der Waals surface area (Å²) >= 11 is 0. The van der Waals surface area contributed by atoms with E-state index in [1.54, 1.807) is 11.8 Å². The van der Waals surface area contributed by atoms with Crippen LogP contribution in [0.5, 0.6) is 0 Å². The summed E-state index contributed by atoms with van der Waals surface area (Å²) in [6.45, 7) is 7.28. The highest BCUT2D eigenvalue weighted by molar-refractivity contribution is 6.08. The summed E-state index contributed by atoms with van der Waals surface area (Å²) in [4.78, 5) is 23.2. The molecule has 5 aromatic carbocycles. The Morgan fingerprint density at radius 3 is 1.58 bits per heavy atom. The van der Waals surface area contributed by atoms with E-state index in [4.69, 9.17) is 25.9 Å². The van der Waals surface area contributed by atoms with E-state index in [9.17, 15) is 0 Å². The molecule has 0 unspecified atom stereocenters. The smallest absolute Gasteiger partial charge is 0.227 e. The first-order chi connectivity index (χ1) is 27.1. The predicted molar refractivity (Wildman–Crippen MR) is 218 cm³/mol.